The second-order valence-corrected chi connectivity index (χ2v) is 6.69. The number of ether oxygens (including phenoxy) is 1. The highest BCUT2D eigenvalue weighted by atomic mass is 32.2. The molecule has 1 saturated heterocycles. The first kappa shape index (κ1) is 15.2. The van der Waals surface area contributed by atoms with E-state index < -0.39 is 10.0 Å². The summed E-state index contributed by atoms with van der Waals surface area (Å²) in [6, 6.07) is 6.16. The van der Waals surface area contributed by atoms with Crippen molar-refractivity contribution in [1.82, 2.24) is 4.47 Å². The van der Waals surface area contributed by atoms with Crippen LogP contribution in [0.3, 0.4) is 0 Å². The molecule has 7 heteroatoms. The molecule has 0 aromatic heterocycles. The molecule has 1 aliphatic rings. The summed E-state index contributed by atoms with van der Waals surface area (Å²) < 4.78 is 30.8. The molecule has 1 aliphatic heterocycles. The van der Waals surface area contributed by atoms with Crippen molar-refractivity contribution in [1.29, 1.82) is 0 Å². The molecule has 20 heavy (non-hydrogen) atoms. The van der Waals surface area contributed by atoms with Gasteiger partial charge < -0.3 is 4.74 Å². The first-order valence-electron chi connectivity index (χ1n) is 6.00. The summed E-state index contributed by atoms with van der Waals surface area (Å²) in [7, 11) is -3.63. The van der Waals surface area contributed by atoms with E-state index in [9.17, 15) is 8.42 Å². The van der Waals surface area contributed by atoms with E-state index in [4.69, 9.17) is 9.57 Å². The Hall–Kier alpha value is -1.20. The number of rotatable bonds is 4. The summed E-state index contributed by atoms with van der Waals surface area (Å²) in [4.78, 5) is 5.27. The van der Waals surface area contributed by atoms with Gasteiger partial charge in [0.25, 0.3) is 10.0 Å². The van der Waals surface area contributed by atoms with Crippen molar-refractivity contribution in [2.45, 2.75) is 17.1 Å². The van der Waals surface area contributed by atoms with Gasteiger partial charge in [-0.15, -0.1) is 5.92 Å². The zero-order valence-corrected chi connectivity index (χ0v) is 12.7. The Morgan fingerprint density at radius 3 is 2.70 bits per heavy atom. The van der Waals surface area contributed by atoms with Gasteiger partial charge in [0.2, 0.25) is 0 Å². The van der Waals surface area contributed by atoms with E-state index in [2.05, 4.69) is 24.5 Å². The Morgan fingerprint density at radius 1 is 1.45 bits per heavy atom. The lowest BCUT2D eigenvalue weighted by molar-refractivity contribution is -0.0283. The molecule has 1 aromatic carbocycles. The number of hydrogen-bond donors (Lipinski definition) is 1. The second kappa shape index (κ2) is 6.50. The molecule has 1 aromatic rings. The number of hydrogen-bond acceptors (Lipinski definition) is 5. The van der Waals surface area contributed by atoms with Gasteiger partial charge in [-0.05, 0) is 31.2 Å². The van der Waals surface area contributed by atoms with Gasteiger partial charge >= 0.3 is 0 Å². The number of hydroxylamine groups is 1. The van der Waals surface area contributed by atoms with Gasteiger partial charge in [0.05, 0.1) is 18.0 Å². The van der Waals surface area contributed by atoms with Crippen LogP contribution in [0.25, 0.3) is 0 Å². The normalized spacial score (nSPS) is 19.4. The number of sulfonamides is 1. The molecule has 0 N–H and O–H groups in total. The van der Waals surface area contributed by atoms with Crippen molar-refractivity contribution in [3.8, 4) is 17.6 Å². The third-order valence-corrected chi connectivity index (χ3v) is 4.62. The Kier molecular flexibility index (Phi) is 4.94. The zero-order chi connectivity index (χ0) is 14.6. The quantitative estimate of drug-likeness (QED) is 0.673. The maximum absolute atomic E-state index is 12.3. The van der Waals surface area contributed by atoms with Crippen LogP contribution in [0.15, 0.2) is 29.2 Å². The first-order chi connectivity index (χ1) is 9.54. The third kappa shape index (κ3) is 3.46. The lowest BCUT2D eigenvalue weighted by Gasteiger charge is -2.14. The summed E-state index contributed by atoms with van der Waals surface area (Å²) in [5.41, 5.74) is 0. The largest absolute Gasteiger partial charge is 0.481 e. The molecule has 1 unspecified atom stereocenters. The zero-order valence-electron chi connectivity index (χ0n) is 10.9. The van der Waals surface area contributed by atoms with Gasteiger partial charge in [-0.3, -0.25) is 4.84 Å². The fourth-order valence-electron chi connectivity index (χ4n) is 1.63. The molecule has 0 amide bonds. The molecule has 0 saturated carbocycles. The second-order valence-electron chi connectivity index (χ2n) is 4.13. The van der Waals surface area contributed by atoms with Gasteiger partial charge in [-0.1, -0.05) is 10.4 Å². The summed E-state index contributed by atoms with van der Waals surface area (Å²) in [6.45, 7) is 2.54. The smallest absolute Gasteiger partial charge is 0.265 e. The Labute approximate surface area is 124 Å². The molecule has 0 bridgehead atoms. The van der Waals surface area contributed by atoms with Gasteiger partial charge in [0, 0.05) is 5.25 Å². The summed E-state index contributed by atoms with van der Waals surface area (Å²) in [6.07, 6.45) is 0. The first-order valence-corrected chi connectivity index (χ1v) is 7.96. The van der Waals surface area contributed by atoms with Crippen molar-refractivity contribution in [2.75, 3.05) is 19.8 Å². The molecule has 0 radical (unpaired) electrons. The minimum atomic E-state index is -3.63. The molecular formula is C13H15NO4S2. The van der Waals surface area contributed by atoms with Gasteiger partial charge in [0.1, 0.15) is 12.4 Å². The van der Waals surface area contributed by atoms with Crippen molar-refractivity contribution in [2.24, 2.45) is 0 Å². The number of nitrogens with zero attached hydrogens (tertiary/aromatic N) is 1. The van der Waals surface area contributed by atoms with Gasteiger partial charge in [-0.25, -0.2) is 8.42 Å². The average Bonchev–Trinajstić information content (AvgIpc) is 2.87. The Morgan fingerprint density at radius 2 is 2.15 bits per heavy atom. The fraction of sp³-hybridized carbons (Fsp3) is 0.385. The Bertz CT molecular complexity index is 616. The van der Waals surface area contributed by atoms with Crippen LogP contribution in [0.1, 0.15) is 6.92 Å². The van der Waals surface area contributed by atoms with E-state index in [1.807, 2.05) is 0 Å². The van der Waals surface area contributed by atoms with Crippen molar-refractivity contribution >= 4 is 22.7 Å². The predicted molar refractivity (Wildman–Crippen MR) is 78.0 cm³/mol. The van der Waals surface area contributed by atoms with E-state index in [-0.39, 0.29) is 23.3 Å². The van der Waals surface area contributed by atoms with Crippen LogP contribution in [-0.2, 0) is 14.9 Å². The molecule has 1 atom stereocenters. The standard InChI is InChI=1S/C13H15NO4S2/c1-2-3-8-17-11-4-6-13(7-5-11)20(15,16)14-9-12(19)10-18-14/h4-7,12,19H,8-10H2,1H3. The molecule has 1 fully saturated rings. The van der Waals surface area contributed by atoms with E-state index in [0.717, 1.165) is 4.47 Å². The molecular weight excluding hydrogens is 298 g/mol. The van der Waals surface area contributed by atoms with Crippen LogP contribution in [0, 0.1) is 11.8 Å². The maximum Gasteiger partial charge on any atom is 0.265 e. The van der Waals surface area contributed by atoms with Crippen molar-refractivity contribution < 1.29 is 18.0 Å². The molecule has 1 heterocycles. The fourth-order valence-corrected chi connectivity index (χ4v) is 3.25. The maximum atomic E-state index is 12.3. The van der Waals surface area contributed by atoms with Crippen molar-refractivity contribution in [3.63, 3.8) is 0 Å². The lowest BCUT2D eigenvalue weighted by atomic mass is 10.3. The minimum Gasteiger partial charge on any atom is -0.481 e. The topological polar surface area (TPSA) is 55.8 Å². The Balaban J connectivity index is 2.10. The highest BCUT2D eigenvalue weighted by molar-refractivity contribution is 7.89. The van der Waals surface area contributed by atoms with Crippen LogP contribution in [0.5, 0.6) is 5.75 Å². The lowest BCUT2D eigenvalue weighted by Crippen LogP contribution is -2.27. The average molecular weight is 313 g/mol. The van der Waals surface area contributed by atoms with Crippen LogP contribution in [0.4, 0.5) is 0 Å². The van der Waals surface area contributed by atoms with Crippen LogP contribution < -0.4 is 4.74 Å². The van der Waals surface area contributed by atoms with Crippen LogP contribution in [-0.4, -0.2) is 37.9 Å². The number of thiol groups is 1. The third-order valence-electron chi connectivity index (χ3n) is 2.65. The van der Waals surface area contributed by atoms with Crippen LogP contribution >= 0.6 is 12.6 Å². The SMILES string of the molecule is CC#CCOc1ccc(S(=O)(=O)N2CC(S)CO2)cc1. The minimum absolute atomic E-state index is 0.0972. The van der Waals surface area contributed by atoms with E-state index in [1.54, 1.807) is 19.1 Å². The van der Waals surface area contributed by atoms with E-state index in [1.165, 1.54) is 12.1 Å². The summed E-state index contributed by atoms with van der Waals surface area (Å²) in [5, 5.41) is -0.0972. The molecule has 2 rings (SSSR count). The van der Waals surface area contributed by atoms with E-state index >= 15 is 0 Å². The molecule has 0 spiro atoms. The summed E-state index contributed by atoms with van der Waals surface area (Å²) >= 11 is 4.20. The van der Waals surface area contributed by atoms with Crippen LogP contribution in [0.2, 0.25) is 0 Å². The molecule has 108 valence electrons. The monoisotopic (exact) mass is 313 g/mol. The van der Waals surface area contributed by atoms with Crippen molar-refractivity contribution in [3.05, 3.63) is 24.3 Å². The number of benzene rings is 1. The molecule has 0 aliphatic carbocycles. The molecule has 5 nitrogen and oxygen atoms in total. The summed E-state index contributed by atoms with van der Waals surface area (Å²) in [5.74, 6) is 6.05. The van der Waals surface area contributed by atoms with Gasteiger partial charge in [0.15, 0.2) is 0 Å². The highest BCUT2D eigenvalue weighted by Gasteiger charge is 2.32. The van der Waals surface area contributed by atoms with E-state index in [0.29, 0.717) is 12.4 Å². The highest BCUT2D eigenvalue weighted by Crippen LogP contribution is 2.23. The predicted octanol–water partition coefficient (Wildman–Crippen LogP) is 1.32. The van der Waals surface area contributed by atoms with Gasteiger partial charge in [-0.2, -0.15) is 12.6 Å².